The molecule has 1 aromatic rings. The van der Waals surface area contributed by atoms with Crippen LogP contribution in [-0.2, 0) is 0 Å². The van der Waals surface area contributed by atoms with E-state index in [2.05, 4.69) is 0 Å². The summed E-state index contributed by atoms with van der Waals surface area (Å²) in [6.45, 7) is 3.67. The summed E-state index contributed by atoms with van der Waals surface area (Å²) < 4.78 is 0.673. The Morgan fingerprint density at radius 2 is 2.10 bits per heavy atom. The molecule has 0 atom stereocenters. The molecule has 10 heavy (non-hydrogen) atoms. The molecule has 0 aliphatic carbocycles. The van der Waals surface area contributed by atoms with Gasteiger partial charge in [0.2, 0.25) is 0 Å². The van der Waals surface area contributed by atoms with Crippen LogP contribution in [0.1, 0.15) is 11.1 Å². The van der Waals surface area contributed by atoms with Crippen molar-refractivity contribution in [1.82, 2.24) is 0 Å². The first kappa shape index (κ1) is 7.35. The minimum atomic E-state index is 0.255. The molecule has 0 N–H and O–H groups in total. The summed E-state index contributed by atoms with van der Waals surface area (Å²) in [6, 6.07) is 1.87. The molecule has 3 heteroatoms. The maximum atomic E-state index is 10.8. The molecule has 0 aromatic carbocycles. The van der Waals surface area contributed by atoms with E-state index in [1.54, 1.807) is 0 Å². The molecular formula is C7H8ClNO. The van der Waals surface area contributed by atoms with Crippen molar-refractivity contribution in [3.63, 3.8) is 0 Å². The molecule has 0 radical (unpaired) electrons. The number of halogens is 1. The van der Waals surface area contributed by atoms with E-state index in [0.717, 1.165) is 11.1 Å². The number of pyridine rings is 1. The van der Waals surface area contributed by atoms with Gasteiger partial charge in [0.05, 0.1) is 0 Å². The van der Waals surface area contributed by atoms with E-state index in [0.29, 0.717) is 4.73 Å². The standard InChI is InChI=1S/C7H8ClNO/c1-5-3-6(2)7(8)9(10)4-5/h3-4H,1-2H3. The van der Waals surface area contributed by atoms with Crippen molar-refractivity contribution in [2.75, 3.05) is 0 Å². The van der Waals surface area contributed by atoms with Gasteiger partial charge >= 0.3 is 0 Å². The molecule has 0 saturated heterocycles. The monoisotopic (exact) mass is 157 g/mol. The van der Waals surface area contributed by atoms with Gasteiger partial charge < -0.3 is 5.21 Å². The van der Waals surface area contributed by atoms with Crippen LogP contribution >= 0.6 is 11.6 Å². The second-order valence-corrected chi connectivity index (χ2v) is 2.68. The molecule has 0 aliphatic heterocycles. The van der Waals surface area contributed by atoms with E-state index in [1.165, 1.54) is 6.20 Å². The van der Waals surface area contributed by atoms with Crippen molar-refractivity contribution in [3.8, 4) is 0 Å². The van der Waals surface area contributed by atoms with Gasteiger partial charge in [0.15, 0.2) is 6.20 Å². The van der Waals surface area contributed by atoms with E-state index in [-0.39, 0.29) is 5.15 Å². The number of hydrogen-bond donors (Lipinski definition) is 0. The van der Waals surface area contributed by atoms with Crippen LogP contribution in [0.15, 0.2) is 12.3 Å². The molecule has 0 unspecified atom stereocenters. The van der Waals surface area contributed by atoms with Crippen LogP contribution < -0.4 is 4.73 Å². The first-order valence-electron chi connectivity index (χ1n) is 2.97. The quantitative estimate of drug-likeness (QED) is 0.319. The van der Waals surface area contributed by atoms with Crippen molar-refractivity contribution in [1.29, 1.82) is 0 Å². The van der Waals surface area contributed by atoms with Crippen LogP contribution in [0.4, 0.5) is 0 Å². The molecule has 1 aromatic heterocycles. The summed E-state index contributed by atoms with van der Waals surface area (Å²) in [5.74, 6) is 0. The molecule has 0 amide bonds. The smallest absolute Gasteiger partial charge is 0.289 e. The number of hydrogen-bond acceptors (Lipinski definition) is 1. The van der Waals surface area contributed by atoms with Gasteiger partial charge in [0, 0.05) is 11.1 Å². The fourth-order valence-corrected chi connectivity index (χ4v) is 0.957. The van der Waals surface area contributed by atoms with E-state index < -0.39 is 0 Å². The highest BCUT2D eigenvalue weighted by molar-refractivity contribution is 6.29. The second kappa shape index (κ2) is 2.46. The Kier molecular flexibility index (Phi) is 1.81. The maximum absolute atomic E-state index is 10.8. The number of aromatic nitrogens is 1. The van der Waals surface area contributed by atoms with Crippen molar-refractivity contribution in [2.45, 2.75) is 13.8 Å². The zero-order valence-electron chi connectivity index (χ0n) is 5.89. The maximum Gasteiger partial charge on any atom is 0.289 e. The van der Waals surface area contributed by atoms with Gasteiger partial charge in [-0.15, -0.1) is 0 Å². The lowest BCUT2D eigenvalue weighted by molar-refractivity contribution is -0.603. The zero-order chi connectivity index (χ0) is 7.72. The SMILES string of the molecule is Cc1cc(C)c(Cl)[n+]([O-])c1. The van der Waals surface area contributed by atoms with Crippen LogP contribution in [0.25, 0.3) is 0 Å². The summed E-state index contributed by atoms with van der Waals surface area (Å²) in [4.78, 5) is 0. The Morgan fingerprint density at radius 3 is 2.60 bits per heavy atom. The van der Waals surface area contributed by atoms with E-state index in [4.69, 9.17) is 11.6 Å². The molecule has 0 bridgehead atoms. The third-order valence-electron chi connectivity index (χ3n) is 1.28. The number of aryl methyl sites for hydroxylation is 2. The molecule has 0 saturated carbocycles. The first-order chi connectivity index (χ1) is 4.61. The Hall–Kier alpha value is -0.760. The summed E-state index contributed by atoms with van der Waals surface area (Å²) >= 11 is 5.60. The van der Waals surface area contributed by atoms with Crippen LogP contribution in [-0.4, -0.2) is 0 Å². The highest BCUT2D eigenvalue weighted by Gasteiger charge is 2.05. The van der Waals surface area contributed by atoms with Gasteiger partial charge in [-0.05, 0) is 31.5 Å². The van der Waals surface area contributed by atoms with Gasteiger partial charge in [-0.2, -0.15) is 4.73 Å². The predicted octanol–water partition coefficient (Wildman–Crippen LogP) is 1.59. The van der Waals surface area contributed by atoms with Crippen molar-refractivity contribution < 1.29 is 4.73 Å². The Bertz CT molecular complexity index is 237. The van der Waals surface area contributed by atoms with Gasteiger partial charge in [-0.3, -0.25) is 0 Å². The minimum Gasteiger partial charge on any atom is -0.618 e. The van der Waals surface area contributed by atoms with Crippen LogP contribution in [0.5, 0.6) is 0 Å². The van der Waals surface area contributed by atoms with E-state index >= 15 is 0 Å². The van der Waals surface area contributed by atoms with Gasteiger partial charge in [0.1, 0.15) is 0 Å². The summed E-state index contributed by atoms with van der Waals surface area (Å²) in [7, 11) is 0. The normalized spacial score (nSPS) is 9.90. The average molecular weight is 158 g/mol. The van der Waals surface area contributed by atoms with Gasteiger partial charge in [-0.25, -0.2) is 0 Å². The van der Waals surface area contributed by atoms with Crippen LogP contribution in [0.2, 0.25) is 5.15 Å². The molecule has 2 nitrogen and oxygen atoms in total. The molecule has 1 rings (SSSR count). The fraction of sp³-hybridized carbons (Fsp3) is 0.286. The lowest BCUT2D eigenvalue weighted by Crippen LogP contribution is -2.28. The lowest BCUT2D eigenvalue weighted by atomic mass is 10.2. The van der Waals surface area contributed by atoms with Crippen LogP contribution in [0, 0.1) is 19.1 Å². The zero-order valence-corrected chi connectivity index (χ0v) is 6.64. The third-order valence-corrected chi connectivity index (χ3v) is 1.75. The van der Waals surface area contributed by atoms with Crippen molar-refractivity contribution >= 4 is 11.6 Å². The van der Waals surface area contributed by atoms with Gasteiger partial charge in [0.25, 0.3) is 5.15 Å². The molecule has 0 spiro atoms. The fourth-order valence-electron chi connectivity index (χ4n) is 0.854. The molecule has 1 heterocycles. The molecular weight excluding hydrogens is 150 g/mol. The summed E-state index contributed by atoms with van der Waals surface area (Å²) in [6.07, 6.45) is 1.45. The number of nitrogens with zero attached hydrogens (tertiary/aromatic N) is 1. The highest BCUT2D eigenvalue weighted by Crippen LogP contribution is 2.09. The third kappa shape index (κ3) is 1.21. The first-order valence-corrected chi connectivity index (χ1v) is 3.35. The van der Waals surface area contributed by atoms with E-state index in [1.807, 2.05) is 19.9 Å². The Labute approximate surface area is 64.6 Å². The minimum absolute atomic E-state index is 0.255. The van der Waals surface area contributed by atoms with Crippen molar-refractivity contribution in [2.24, 2.45) is 0 Å². The molecule has 54 valence electrons. The number of rotatable bonds is 0. The van der Waals surface area contributed by atoms with E-state index in [9.17, 15) is 5.21 Å². The summed E-state index contributed by atoms with van der Waals surface area (Å²) in [5.41, 5.74) is 1.74. The second-order valence-electron chi connectivity index (χ2n) is 2.32. The average Bonchev–Trinajstić information content (AvgIpc) is 1.82. The topological polar surface area (TPSA) is 26.9 Å². The summed E-state index contributed by atoms with van der Waals surface area (Å²) in [5, 5.41) is 11.1. The largest absolute Gasteiger partial charge is 0.618 e. The Morgan fingerprint density at radius 1 is 1.50 bits per heavy atom. The predicted molar refractivity (Wildman–Crippen MR) is 39.9 cm³/mol. The van der Waals surface area contributed by atoms with Crippen LogP contribution in [0.3, 0.4) is 0 Å². The Balaban J connectivity index is 3.31. The lowest BCUT2D eigenvalue weighted by Gasteiger charge is -2.01. The van der Waals surface area contributed by atoms with Gasteiger partial charge in [-0.1, -0.05) is 0 Å². The van der Waals surface area contributed by atoms with Crippen molar-refractivity contribution in [3.05, 3.63) is 33.8 Å². The molecule has 0 aliphatic rings. The highest BCUT2D eigenvalue weighted by atomic mass is 35.5. The molecule has 0 fully saturated rings.